The molecule has 0 saturated heterocycles. The van der Waals surface area contributed by atoms with Gasteiger partial charge in [-0.2, -0.15) is 0 Å². The first kappa shape index (κ1) is 14.8. The first-order valence-electron chi connectivity index (χ1n) is 6.75. The standard InChI is InChI=1S/C17H17NO3/c1-2-12-8-14(10-15(18)9-12)16(19)17(20)21-11-13-6-4-3-5-7-13/h3-10H,2,11,18H2,1H3. The molecule has 0 amide bonds. The highest BCUT2D eigenvalue weighted by atomic mass is 16.5. The Morgan fingerprint density at radius 1 is 1.05 bits per heavy atom. The lowest BCUT2D eigenvalue weighted by Crippen LogP contribution is -2.18. The third kappa shape index (κ3) is 3.92. The molecule has 0 bridgehead atoms. The SMILES string of the molecule is CCc1cc(N)cc(C(=O)C(=O)OCc2ccccc2)c1. The highest BCUT2D eigenvalue weighted by Crippen LogP contribution is 2.14. The topological polar surface area (TPSA) is 69.4 Å². The van der Waals surface area contributed by atoms with Gasteiger partial charge in [-0.25, -0.2) is 4.79 Å². The molecule has 0 aliphatic rings. The van der Waals surface area contributed by atoms with Crippen molar-refractivity contribution in [2.24, 2.45) is 0 Å². The van der Waals surface area contributed by atoms with Crippen molar-refractivity contribution in [3.05, 3.63) is 65.2 Å². The summed E-state index contributed by atoms with van der Waals surface area (Å²) in [5.74, 6) is -1.54. The summed E-state index contributed by atoms with van der Waals surface area (Å²) in [7, 11) is 0. The van der Waals surface area contributed by atoms with Crippen LogP contribution in [-0.2, 0) is 22.6 Å². The van der Waals surface area contributed by atoms with E-state index in [2.05, 4.69) is 0 Å². The van der Waals surface area contributed by atoms with Crippen molar-refractivity contribution < 1.29 is 14.3 Å². The van der Waals surface area contributed by atoms with Gasteiger partial charge in [-0.1, -0.05) is 37.3 Å². The molecule has 0 unspecified atom stereocenters. The summed E-state index contributed by atoms with van der Waals surface area (Å²) in [6, 6.07) is 14.2. The fourth-order valence-electron chi connectivity index (χ4n) is 1.96. The predicted octanol–water partition coefficient (Wildman–Crippen LogP) is 2.76. The van der Waals surface area contributed by atoms with Crippen molar-refractivity contribution in [2.45, 2.75) is 20.0 Å². The van der Waals surface area contributed by atoms with Gasteiger partial charge in [0.25, 0.3) is 5.78 Å². The van der Waals surface area contributed by atoms with E-state index in [4.69, 9.17) is 10.5 Å². The van der Waals surface area contributed by atoms with Crippen molar-refractivity contribution >= 4 is 17.4 Å². The molecule has 4 nitrogen and oxygen atoms in total. The molecule has 0 spiro atoms. The summed E-state index contributed by atoms with van der Waals surface area (Å²) < 4.78 is 5.03. The Kier molecular flexibility index (Phi) is 4.72. The number of ketones is 1. The number of carbonyl (C=O) groups is 2. The zero-order valence-electron chi connectivity index (χ0n) is 11.8. The number of aryl methyl sites for hydroxylation is 1. The fraction of sp³-hybridized carbons (Fsp3) is 0.176. The van der Waals surface area contributed by atoms with E-state index in [1.165, 1.54) is 6.07 Å². The Balaban J connectivity index is 2.05. The lowest BCUT2D eigenvalue weighted by Gasteiger charge is -2.06. The van der Waals surface area contributed by atoms with Gasteiger partial charge in [-0.15, -0.1) is 0 Å². The molecule has 2 N–H and O–H groups in total. The quantitative estimate of drug-likeness (QED) is 0.396. The minimum absolute atomic E-state index is 0.0777. The zero-order chi connectivity index (χ0) is 15.2. The van der Waals surface area contributed by atoms with Gasteiger partial charge in [-0.3, -0.25) is 4.79 Å². The molecular formula is C17H17NO3. The number of Topliss-reactive ketones (excluding diaryl/α,β-unsaturated/α-hetero) is 1. The van der Waals surface area contributed by atoms with Gasteiger partial charge in [0.2, 0.25) is 0 Å². The van der Waals surface area contributed by atoms with Gasteiger partial charge in [-0.05, 0) is 35.7 Å². The highest BCUT2D eigenvalue weighted by Gasteiger charge is 2.18. The van der Waals surface area contributed by atoms with E-state index >= 15 is 0 Å². The average Bonchev–Trinajstić information content (AvgIpc) is 2.52. The smallest absolute Gasteiger partial charge is 0.380 e. The predicted molar refractivity (Wildman–Crippen MR) is 80.8 cm³/mol. The van der Waals surface area contributed by atoms with Gasteiger partial charge in [0.15, 0.2) is 0 Å². The van der Waals surface area contributed by atoms with Crippen LogP contribution in [-0.4, -0.2) is 11.8 Å². The maximum atomic E-state index is 12.1. The Morgan fingerprint density at radius 3 is 2.43 bits per heavy atom. The molecule has 0 heterocycles. The average molecular weight is 283 g/mol. The van der Waals surface area contributed by atoms with E-state index in [1.807, 2.05) is 37.3 Å². The summed E-state index contributed by atoms with van der Waals surface area (Å²) in [5.41, 5.74) is 8.21. The van der Waals surface area contributed by atoms with E-state index in [-0.39, 0.29) is 12.2 Å². The second kappa shape index (κ2) is 6.70. The van der Waals surface area contributed by atoms with Crippen molar-refractivity contribution in [1.82, 2.24) is 0 Å². The summed E-state index contributed by atoms with van der Waals surface area (Å²) in [6.45, 7) is 2.03. The number of carbonyl (C=O) groups excluding carboxylic acids is 2. The Hall–Kier alpha value is -2.62. The largest absolute Gasteiger partial charge is 0.455 e. The van der Waals surface area contributed by atoms with Crippen LogP contribution in [0.2, 0.25) is 0 Å². The van der Waals surface area contributed by atoms with Crippen LogP contribution < -0.4 is 5.73 Å². The lowest BCUT2D eigenvalue weighted by atomic mass is 10.0. The maximum absolute atomic E-state index is 12.1. The number of esters is 1. The monoisotopic (exact) mass is 283 g/mol. The molecule has 2 rings (SSSR count). The van der Waals surface area contributed by atoms with Crippen LogP contribution in [0.3, 0.4) is 0 Å². The number of nitrogen functional groups attached to an aromatic ring is 1. The number of hydrogen-bond acceptors (Lipinski definition) is 4. The van der Waals surface area contributed by atoms with Crippen LogP contribution >= 0.6 is 0 Å². The van der Waals surface area contributed by atoms with Crippen molar-refractivity contribution in [2.75, 3.05) is 5.73 Å². The molecule has 0 saturated carbocycles. The van der Waals surface area contributed by atoms with Crippen molar-refractivity contribution in [3.63, 3.8) is 0 Å². The molecular weight excluding hydrogens is 266 g/mol. The van der Waals surface area contributed by atoms with Crippen molar-refractivity contribution in [1.29, 1.82) is 0 Å². The minimum atomic E-state index is -0.869. The first-order valence-corrected chi connectivity index (χ1v) is 6.75. The Bertz CT molecular complexity index is 650. The van der Waals surface area contributed by atoms with E-state index in [1.54, 1.807) is 12.1 Å². The minimum Gasteiger partial charge on any atom is -0.455 e. The van der Waals surface area contributed by atoms with Crippen LogP contribution in [0.15, 0.2) is 48.5 Å². The van der Waals surface area contributed by atoms with Crippen LogP contribution in [0.25, 0.3) is 0 Å². The van der Waals surface area contributed by atoms with Crippen LogP contribution in [0, 0.1) is 0 Å². The van der Waals surface area contributed by atoms with Crippen LogP contribution in [0.4, 0.5) is 5.69 Å². The molecule has 0 fully saturated rings. The third-order valence-corrected chi connectivity index (χ3v) is 3.08. The summed E-state index contributed by atoms with van der Waals surface area (Å²) in [5, 5.41) is 0. The maximum Gasteiger partial charge on any atom is 0.380 e. The lowest BCUT2D eigenvalue weighted by molar-refractivity contribution is -0.139. The molecule has 0 aliphatic carbocycles. The van der Waals surface area contributed by atoms with Gasteiger partial charge >= 0.3 is 5.97 Å². The number of rotatable bonds is 5. The highest BCUT2D eigenvalue weighted by molar-refractivity contribution is 6.40. The van der Waals surface area contributed by atoms with Gasteiger partial charge in [0, 0.05) is 11.3 Å². The van der Waals surface area contributed by atoms with E-state index in [9.17, 15) is 9.59 Å². The number of benzene rings is 2. The zero-order valence-corrected chi connectivity index (χ0v) is 11.8. The second-order valence-corrected chi connectivity index (χ2v) is 4.71. The van der Waals surface area contributed by atoms with Gasteiger partial charge in [0.1, 0.15) is 6.61 Å². The Labute approximate surface area is 123 Å². The van der Waals surface area contributed by atoms with E-state index in [0.29, 0.717) is 5.69 Å². The number of anilines is 1. The van der Waals surface area contributed by atoms with Gasteiger partial charge in [0.05, 0.1) is 0 Å². The van der Waals surface area contributed by atoms with E-state index < -0.39 is 11.8 Å². The molecule has 2 aromatic carbocycles. The molecule has 108 valence electrons. The second-order valence-electron chi connectivity index (χ2n) is 4.71. The summed E-state index contributed by atoms with van der Waals surface area (Å²) in [6.07, 6.45) is 0.740. The summed E-state index contributed by atoms with van der Waals surface area (Å²) >= 11 is 0. The van der Waals surface area contributed by atoms with E-state index in [0.717, 1.165) is 17.5 Å². The molecule has 4 heteroatoms. The molecule has 2 aromatic rings. The van der Waals surface area contributed by atoms with Crippen LogP contribution in [0.5, 0.6) is 0 Å². The number of hydrogen-bond donors (Lipinski definition) is 1. The number of nitrogens with two attached hydrogens (primary N) is 1. The summed E-state index contributed by atoms with van der Waals surface area (Å²) in [4.78, 5) is 23.9. The normalized spacial score (nSPS) is 10.1. The van der Waals surface area contributed by atoms with Crippen LogP contribution in [0.1, 0.15) is 28.4 Å². The first-order chi connectivity index (χ1) is 10.1. The molecule has 0 aliphatic heterocycles. The molecule has 21 heavy (non-hydrogen) atoms. The Morgan fingerprint density at radius 2 is 1.76 bits per heavy atom. The molecule has 0 atom stereocenters. The third-order valence-electron chi connectivity index (χ3n) is 3.08. The number of ether oxygens (including phenoxy) is 1. The fourth-order valence-corrected chi connectivity index (χ4v) is 1.96. The molecule has 0 radical (unpaired) electrons. The van der Waals surface area contributed by atoms with Gasteiger partial charge < -0.3 is 10.5 Å². The van der Waals surface area contributed by atoms with Crippen molar-refractivity contribution in [3.8, 4) is 0 Å². The molecule has 0 aromatic heterocycles.